The Kier molecular flexibility index (Phi) is 5.70. The van der Waals surface area contributed by atoms with Gasteiger partial charge >= 0.3 is 0 Å². The lowest BCUT2D eigenvalue weighted by Gasteiger charge is -2.34. The number of aromatic amines is 2. The van der Waals surface area contributed by atoms with E-state index in [0.717, 1.165) is 83.6 Å². The molecule has 1 unspecified atom stereocenters. The number of fused-ring (bicyclic) bond motifs is 2. The van der Waals surface area contributed by atoms with Gasteiger partial charge in [-0.25, -0.2) is 9.97 Å². The van der Waals surface area contributed by atoms with E-state index in [9.17, 15) is 5.11 Å². The van der Waals surface area contributed by atoms with E-state index in [0.29, 0.717) is 17.4 Å². The molecule has 194 valence electrons. The van der Waals surface area contributed by atoms with Crippen molar-refractivity contribution < 1.29 is 5.11 Å². The summed E-state index contributed by atoms with van der Waals surface area (Å²) in [4.78, 5) is 22.3. The first kappa shape index (κ1) is 23.1. The van der Waals surface area contributed by atoms with Gasteiger partial charge < -0.3 is 25.2 Å². The fourth-order valence-electron chi connectivity index (χ4n) is 5.39. The smallest absolute Gasteiger partial charge is 0.159 e. The minimum absolute atomic E-state index is 0.311. The lowest BCUT2D eigenvalue weighted by molar-refractivity contribution is 0.0851. The molecule has 1 saturated heterocycles. The Morgan fingerprint density at radius 2 is 1.89 bits per heavy atom. The Labute approximate surface area is 220 Å². The van der Waals surface area contributed by atoms with Crippen molar-refractivity contribution in [2.75, 3.05) is 43.4 Å². The number of nitrogens with one attached hydrogen (secondary N) is 3. The Morgan fingerprint density at radius 3 is 2.71 bits per heavy atom. The molecule has 7 rings (SSSR count). The molecule has 2 aliphatic rings. The van der Waals surface area contributed by atoms with E-state index in [4.69, 9.17) is 4.98 Å². The number of imidazole rings is 1. The normalized spacial score (nSPS) is 17.7. The second-order valence-electron chi connectivity index (χ2n) is 10.5. The Morgan fingerprint density at radius 1 is 1.05 bits per heavy atom. The average molecular weight is 510 g/mol. The molecule has 1 aliphatic carbocycles. The van der Waals surface area contributed by atoms with Crippen LogP contribution in [0.2, 0.25) is 0 Å². The van der Waals surface area contributed by atoms with Crippen LogP contribution in [0.5, 0.6) is 0 Å². The highest BCUT2D eigenvalue weighted by Gasteiger charge is 2.25. The van der Waals surface area contributed by atoms with Crippen LogP contribution in [-0.4, -0.2) is 79.6 Å². The Bertz CT molecular complexity index is 1600. The molecule has 4 N–H and O–H groups in total. The number of likely N-dealkylation sites (N-methyl/N-ethyl adjacent to an activating group) is 1. The van der Waals surface area contributed by atoms with Crippen LogP contribution in [0.15, 0.2) is 48.9 Å². The van der Waals surface area contributed by atoms with E-state index in [-0.39, 0.29) is 0 Å². The first-order valence-electron chi connectivity index (χ1n) is 13.3. The minimum Gasteiger partial charge on any atom is -0.374 e. The maximum atomic E-state index is 10.5. The summed E-state index contributed by atoms with van der Waals surface area (Å²) in [5.41, 5.74) is 7.16. The van der Waals surface area contributed by atoms with E-state index in [1.54, 1.807) is 6.20 Å². The van der Waals surface area contributed by atoms with Gasteiger partial charge in [-0.3, -0.25) is 10.1 Å². The largest absolute Gasteiger partial charge is 0.374 e. The van der Waals surface area contributed by atoms with Gasteiger partial charge in [-0.2, -0.15) is 5.10 Å². The van der Waals surface area contributed by atoms with E-state index in [2.05, 4.69) is 71.6 Å². The highest BCUT2D eigenvalue weighted by atomic mass is 16.3. The fourth-order valence-corrected chi connectivity index (χ4v) is 5.39. The summed E-state index contributed by atoms with van der Waals surface area (Å²) >= 11 is 0. The second kappa shape index (κ2) is 9.38. The van der Waals surface area contributed by atoms with Crippen molar-refractivity contribution in [3.8, 4) is 22.6 Å². The molecule has 2 fully saturated rings. The van der Waals surface area contributed by atoms with Crippen molar-refractivity contribution in [3.63, 3.8) is 0 Å². The van der Waals surface area contributed by atoms with Crippen molar-refractivity contribution in [1.82, 2.24) is 35.0 Å². The molecule has 0 bridgehead atoms. The lowest BCUT2D eigenvalue weighted by atomic mass is 9.84. The summed E-state index contributed by atoms with van der Waals surface area (Å²) in [6.45, 7) is 4.04. The SMILES string of the molecule is CN1CCN(c2cccc3[nH]c(-c4n[nH]c5ncc(-c6cncc(NC(O)C7CCC7)c6)cc45)nc23)CC1. The number of aliphatic hydroxyl groups excluding tert-OH is 1. The summed E-state index contributed by atoms with van der Waals surface area (Å²) in [7, 11) is 2.16. The second-order valence-corrected chi connectivity index (χ2v) is 10.5. The van der Waals surface area contributed by atoms with E-state index in [1.165, 1.54) is 6.42 Å². The summed E-state index contributed by atoms with van der Waals surface area (Å²) in [5.74, 6) is 1.02. The van der Waals surface area contributed by atoms with Crippen LogP contribution >= 0.6 is 0 Å². The number of piperazine rings is 1. The first-order chi connectivity index (χ1) is 18.6. The first-order valence-corrected chi connectivity index (χ1v) is 13.3. The Hall–Kier alpha value is -4.02. The molecule has 5 heterocycles. The molecule has 10 nitrogen and oxygen atoms in total. The number of anilines is 2. The number of nitrogens with zero attached hydrogens (tertiary/aromatic N) is 6. The molecule has 5 aromatic rings. The predicted molar refractivity (Wildman–Crippen MR) is 149 cm³/mol. The zero-order chi connectivity index (χ0) is 25.6. The van der Waals surface area contributed by atoms with E-state index in [1.807, 2.05) is 18.5 Å². The Balaban J connectivity index is 1.22. The van der Waals surface area contributed by atoms with Crippen LogP contribution in [0.4, 0.5) is 11.4 Å². The molecule has 1 aromatic carbocycles. The third-order valence-corrected chi connectivity index (χ3v) is 7.96. The van der Waals surface area contributed by atoms with Gasteiger partial charge in [0.2, 0.25) is 0 Å². The molecule has 38 heavy (non-hydrogen) atoms. The third kappa shape index (κ3) is 4.15. The molecule has 4 aromatic heterocycles. The number of aromatic nitrogens is 6. The monoisotopic (exact) mass is 509 g/mol. The predicted octanol–water partition coefficient (Wildman–Crippen LogP) is 3.85. The molecule has 1 aliphatic heterocycles. The third-order valence-electron chi connectivity index (χ3n) is 7.96. The van der Waals surface area contributed by atoms with Gasteiger partial charge in [0.1, 0.15) is 17.4 Å². The van der Waals surface area contributed by atoms with Gasteiger partial charge in [0.25, 0.3) is 0 Å². The molecule has 0 spiro atoms. The maximum Gasteiger partial charge on any atom is 0.159 e. The van der Waals surface area contributed by atoms with E-state index >= 15 is 0 Å². The van der Waals surface area contributed by atoms with Gasteiger partial charge in [0.05, 0.1) is 28.5 Å². The zero-order valence-electron chi connectivity index (χ0n) is 21.4. The molecule has 1 atom stereocenters. The number of hydrogen-bond acceptors (Lipinski definition) is 8. The van der Waals surface area contributed by atoms with Crippen molar-refractivity contribution in [1.29, 1.82) is 0 Å². The summed E-state index contributed by atoms with van der Waals surface area (Å²) in [6.07, 6.45) is 8.12. The summed E-state index contributed by atoms with van der Waals surface area (Å²) in [6, 6.07) is 10.4. The molecular formula is C28H31N9O. The molecule has 0 radical (unpaired) electrons. The maximum absolute atomic E-state index is 10.5. The van der Waals surface area contributed by atoms with Gasteiger partial charge in [-0.05, 0) is 44.2 Å². The van der Waals surface area contributed by atoms with Crippen molar-refractivity contribution in [3.05, 3.63) is 48.9 Å². The topological polar surface area (TPSA) is 122 Å². The highest BCUT2D eigenvalue weighted by Crippen LogP contribution is 2.33. The van der Waals surface area contributed by atoms with Crippen LogP contribution in [-0.2, 0) is 0 Å². The molecule has 10 heteroatoms. The standard InChI is InChI=1S/C28H31N9O/c1-36-8-10-37(11-9-36)23-7-3-6-22-25(23)33-27(32-22)24-21-13-19(15-30-26(21)35-34-24)18-12-20(16-29-14-18)31-28(38)17-4-2-5-17/h3,6-7,12-17,28,31,38H,2,4-5,8-11H2,1H3,(H,32,33)(H,30,34,35). The van der Waals surface area contributed by atoms with E-state index < -0.39 is 6.23 Å². The van der Waals surface area contributed by atoms with Crippen LogP contribution in [0.25, 0.3) is 44.7 Å². The van der Waals surface area contributed by atoms with Gasteiger partial charge in [-0.15, -0.1) is 0 Å². The van der Waals surface area contributed by atoms with Crippen LogP contribution < -0.4 is 10.2 Å². The number of hydrogen-bond donors (Lipinski definition) is 4. The minimum atomic E-state index is -0.550. The van der Waals surface area contributed by atoms with Crippen LogP contribution in [0, 0.1) is 5.92 Å². The summed E-state index contributed by atoms with van der Waals surface area (Å²) < 4.78 is 0. The number of rotatable bonds is 6. The summed E-state index contributed by atoms with van der Waals surface area (Å²) in [5, 5.41) is 22.2. The van der Waals surface area contributed by atoms with Crippen molar-refractivity contribution in [2.24, 2.45) is 5.92 Å². The number of pyridine rings is 2. The quantitative estimate of drug-likeness (QED) is 0.255. The number of para-hydroxylation sites is 1. The highest BCUT2D eigenvalue weighted by molar-refractivity contribution is 5.96. The van der Waals surface area contributed by atoms with Crippen LogP contribution in [0.1, 0.15) is 19.3 Å². The van der Waals surface area contributed by atoms with Gasteiger partial charge in [-0.1, -0.05) is 12.5 Å². The molecule has 0 amide bonds. The van der Waals surface area contributed by atoms with Crippen molar-refractivity contribution in [2.45, 2.75) is 25.5 Å². The fraction of sp³-hybridized carbons (Fsp3) is 0.357. The van der Waals surface area contributed by atoms with Crippen LogP contribution in [0.3, 0.4) is 0 Å². The van der Waals surface area contributed by atoms with Gasteiger partial charge in [0.15, 0.2) is 11.5 Å². The van der Waals surface area contributed by atoms with Gasteiger partial charge in [0, 0.05) is 55.6 Å². The average Bonchev–Trinajstić information content (AvgIpc) is 3.52. The van der Waals surface area contributed by atoms with Crippen molar-refractivity contribution >= 4 is 33.4 Å². The molecular weight excluding hydrogens is 478 g/mol. The zero-order valence-corrected chi connectivity index (χ0v) is 21.4. The number of H-pyrrole nitrogens is 2. The lowest BCUT2D eigenvalue weighted by Crippen LogP contribution is -2.44. The number of benzene rings is 1. The molecule has 1 saturated carbocycles. The number of aliphatic hydroxyl groups is 1.